The van der Waals surface area contributed by atoms with Crippen molar-refractivity contribution in [1.82, 2.24) is 0 Å². The normalized spacial score (nSPS) is 20.5. The number of aliphatic hydroxyl groups excluding tert-OH is 2. The molecule has 0 amide bonds. The highest BCUT2D eigenvalue weighted by atomic mass is 16.7. The minimum Gasteiger partial charge on any atom is -0.478 e. The van der Waals surface area contributed by atoms with Crippen molar-refractivity contribution in [3.05, 3.63) is 108 Å². The zero-order chi connectivity index (χ0) is 30.1. The van der Waals surface area contributed by atoms with Crippen LogP contribution in [0.3, 0.4) is 0 Å². The van der Waals surface area contributed by atoms with Crippen LogP contribution in [0.4, 0.5) is 0 Å². The molecule has 0 radical (unpaired) electrons. The van der Waals surface area contributed by atoms with Crippen molar-refractivity contribution in [1.29, 1.82) is 5.26 Å². The number of hydrogen-bond donors (Lipinski definition) is 6. The minimum atomic E-state index is -2.05. The first kappa shape index (κ1) is 33.4. The fourth-order valence-corrected chi connectivity index (χ4v) is 3.00. The van der Waals surface area contributed by atoms with Gasteiger partial charge >= 0.3 is 17.9 Å². The maximum absolute atomic E-state index is 10.2. The summed E-state index contributed by atoms with van der Waals surface area (Å²) in [7, 11) is 1.15. The molecule has 0 saturated carbocycles. The lowest BCUT2D eigenvalue weighted by Crippen LogP contribution is -2.49. The van der Waals surface area contributed by atoms with Crippen molar-refractivity contribution in [2.45, 2.75) is 24.1 Å². The van der Waals surface area contributed by atoms with Gasteiger partial charge in [-0.2, -0.15) is 5.26 Å². The van der Waals surface area contributed by atoms with Gasteiger partial charge in [0, 0.05) is 7.11 Å². The lowest BCUT2D eigenvalue weighted by atomic mass is 10.0. The summed E-state index contributed by atoms with van der Waals surface area (Å²) in [6.07, 6.45) is -3.70. The monoisotopic (exact) mass is 555 g/mol. The van der Waals surface area contributed by atoms with Crippen LogP contribution in [0.1, 0.15) is 31.1 Å². The van der Waals surface area contributed by atoms with Crippen molar-refractivity contribution in [2.24, 2.45) is 0 Å². The van der Waals surface area contributed by atoms with Crippen molar-refractivity contribution in [2.75, 3.05) is 13.7 Å². The van der Waals surface area contributed by atoms with Crippen molar-refractivity contribution < 1.29 is 54.5 Å². The zero-order valence-corrected chi connectivity index (χ0v) is 21.3. The first-order valence-corrected chi connectivity index (χ1v) is 11.5. The molecular formula is C28H29NO11. The van der Waals surface area contributed by atoms with E-state index in [1.54, 1.807) is 97.1 Å². The summed E-state index contributed by atoms with van der Waals surface area (Å²) in [5, 5.41) is 61.4. The molecule has 12 nitrogen and oxygen atoms in total. The van der Waals surface area contributed by atoms with Gasteiger partial charge in [0.1, 0.15) is 18.3 Å². The van der Waals surface area contributed by atoms with Gasteiger partial charge in [0.2, 0.25) is 11.9 Å². The summed E-state index contributed by atoms with van der Waals surface area (Å²) in [4.78, 5) is 30.6. The average molecular weight is 556 g/mol. The Morgan fingerprint density at radius 1 is 0.800 bits per heavy atom. The molecule has 3 aromatic rings. The Hall–Kier alpha value is -4.64. The molecule has 6 N–H and O–H groups in total. The second-order valence-corrected chi connectivity index (χ2v) is 7.78. The second-order valence-electron chi connectivity index (χ2n) is 7.78. The van der Waals surface area contributed by atoms with E-state index in [0.717, 1.165) is 7.11 Å². The number of rotatable bonds is 5. The molecule has 212 valence electrons. The van der Waals surface area contributed by atoms with Crippen LogP contribution in [0.15, 0.2) is 91.0 Å². The second kappa shape index (κ2) is 17.0. The quantitative estimate of drug-likeness (QED) is 0.250. The maximum Gasteiger partial charge on any atom is 0.335 e. The largest absolute Gasteiger partial charge is 0.478 e. The predicted octanol–water partition coefficient (Wildman–Crippen LogP) is 2.12. The Bertz CT molecular complexity index is 1120. The minimum absolute atomic E-state index is 0.331. The van der Waals surface area contributed by atoms with Crippen LogP contribution in [-0.4, -0.2) is 86.4 Å². The summed E-state index contributed by atoms with van der Waals surface area (Å²) in [6.45, 7) is -0.481. The molecule has 1 aliphatic heterocycles. The van der Waals surface area contributed by atoms with E-state index in [2.05, 4.69) is 4.74 Å². The van der Waals surface area contributed by atoms with Gasteiger partial charge in [-0.1, -0.05) is 54.6 Å². The molecule has 0 bridgehead atoms. The van der Waals surface area contributed by atoms with Crippen LogP contribution in [0.25, 0.3) is 0 Å². The average Bonchev–Trinajstić information content (AvgIpc) is 3.24. The molecule has 4 atom stereocenters. The van der Waals surface area contributed by atoms with Gasteiger partial charge in [0.15, 0.2) is 0 Å². The number of aliphatic hydroxyl groups is 3. The van der Waals surface area contributed by atoms with Gasteiger partial charge in [-0.05, 0) is 36.4 Å². The standard InChI is InChI=1S/C7H11NO5.3C7H6O2/c1-12-7(11)5(2-8)13-4(3-9)6(7)10;3*8-7(9)6-4-2-1-3-5-6/h4-6,9-11H,3H2,1H3;3*1-5H,(H,8,9)/t4-,5+,6+,7+;;;/m1.../s1. The van der Waals surface area contributed by atoms with Crippen LogP contribution < -0.4 is 0 Å². The Morgan fingerprint density at radius 3 is 1.30 bits per heavy atom. The number of aromatic carboxylic acids is 3. The van der Waals surface area contributed by atoms with E-state index in [1.807, 2.05) is 0 Å². The number of ether oxygens (including phenoxy) is 2. The molecule has 1 heterocycles. The summed E-state index contributed by atoms with van der Waals surface area (Å²) < 4.78 is 9.44. The van der Waals surface area contributed by atoms with Gasteiger partial charge in [0.05, 0.1) is 23.3 Å². The van der Waals surface area contributed by atoms with Crippen molar-refractivity contribution >= 4 is 17.9 Å². The fourth-order valence-electron chi connectivity index (χ4n) is 3.00. The summed E-state index contributed by atoms with van der Waals surface area (Å²) in [6, 6.07) is 26.5. The van der Waals surface area contributed by atoms with Crippen LogP contribution in [0, 0.1) is 11.3 Å². The van der Waals surface area contributed by atoms with Gasteiger partial charge < -0.3 is 40.1 Å². The Kier molecular flexibility index (Phi) is 14.2. The molecule has 0 aromatic heterocycles. The Labute approximate surface area is 229 Å². The third kappa shape index (κ3) is 10.3. The molecule has 3 aromatic carbocycles. The molecule has 0 aliphatic carbocycles. The van der Waals surface area contributed by atoms with E-state index in [4.69, 9.17) is 30.4 Å². The zero-order valence-electron chi connectivity index (χ0n) is 21.3. The first-order chi connectivity index (χ1) is 19.0. The molecule has 12 heteroatoms. The van der Waals surface area contributed by atoms with Gasteiger partial charge in [-0.15, -0.1) is 0 Å². The highest BCUT2D eigenvalue weighted by molar-refractivity contribution is 5.88. The maximum atomic E-state index is 10.2. The number of carboxylic acids is 3. The lowest BCUT2D eigenvalue weighted by Gasteiger charge is -2.25. The van der Waals surface area contributed by atoms with Gasteiger partial charge in [-0.3, -0.25) is 0 Å². The van der Waals surface area contributed by atoms with E-state index < -0.39 is 48.6 Å². The van der Waals surface area contributed by atoms with Crippen LogP contribution in [-0.2, 0) is 9.47 Å². The number of hydrogen-bond acceptors (Lipinski definition) is 9. The fraction of sp³-hybridized carbons (Fsp3) is 0.214. The third-order valence-electron chi connectivity index (χ3n) is 5.15. The highest BCUT2D eigenvalue weighted by Crippen LogP contribution is 2.31. The lowest BCUT2D eigenvalue weighted by molar-refractivity contribution is -0.237. The smallest absolute Gasteiger partial charge is 0.335 e. The van der Waals surface area contributed by atoms with Crippen LogP contribution >= 0.6 is 0 Å². The van der Waals surface area contributed by atoms with Crippen molar-refractivity contribution in [3.8, 4) is 6.07 Å². The molecule has 0 unspecified atom stereocenters. The Morgan fingerprint density at radius 2 is 1.12 bits per heavy atom. The molecule has 40 heavy (non-hydrogen) atoms. The summed E-state index contributed by atoms with van der Waals surface area (Å²) in [5.41, 5.74) is 0.993. The molecule has 4 rings (SSSR count). The van der Waals surface area contributed by atoms with E-state index in [0.29, 0.717) is 16.7 Å². The van der Waals surface area contributed by atoms with Gasteiger partial charge in [-0.25, -0.2) is 14.4 Å². The SMILES string of the molecule is CO[C@@]1(O)[C@H](C#N)O[C@H](CO)[C@@H]1O.O=C(O)c1ccccc1.O=C(O)c1ccccc1.O=C(O)c1ccccc1. The van der Waals surface area contributed by atoms with E-state index >= 15 is 0 Å². The number of nitrogens with zero attached hydrogens (tertiary/aromatic N) is 1. The van der Waals surface area contributed by atoms with E-state index in [-0.39, 0.29) is 0 Å². The summed E-state index contributed by atoms with van der Waals surface area (Å²) >= 11 is 0. The number of carbonyl (C=O) groups is 3. The number of nitriles is 1. The number of carboxylic acid groups (broad SMARTS) is 3. The van der Waals surface area contributed by atoms with E-state index in [1.165, 1.54) is 0 Å². The van der Waals surface area contributed by atoms with Gasteiger partial charge in [0.25, 0.3) is 0 Å². The number of methoxy groups -OCH3 is 1. The molecule has 1 aliphatic rings. The molecule has 0 spiro atoms. The summed E-state index contributed by atoms with van der Waals surface area (Å²) in [5.74, 6) is -4.69. The third-order valence-corrected chi connectivity index (χ3v) is 5.15. The van der Waals surface area contributed by atoms with Crippen LogP contribution in [0.2, 0.25) is 0 Å². The van der Waals surface area contributed by atoms with Crippen LogP contribution in [0.5, 0.6) is 0 Å². The highest BCUT2D eigenvalue weighted by Gasteiger charge is 2.56. The Balaban J connectivity index is 0.000000270. The molecule has 1 saturated heterocycles. The van der Waals surface area contributed by atoms with E-state index in [9.17, 15) is 24.6 Å². The van der Waals surface area contributed by atoms with Crippen molar-refractivity contribution in [3.63, 3.8) is 0 Å². The first-order valence-electron chi connectivity index (χ1n) is 11.5. The predicted molar refractivity (Wildman–Crippen MR) is 140 cm³/mol. The molecular weight excluding hydrogens is 526 g/mol. The molecule has 1 fully saturated rings. The number of benzene rings is 3. The topological polar surface area (TPSA) is 215 Å².